The second kappa shape index (κ2) is 7.46. The first-order valence-electron chi connectivity index (χ1n) is 5.26. The zero-order valence-electron chi connectivity index (χ0n) is 10.1. The first-order chi connectivity index (χ1) is 7.15. The Morgan fingerprint density at radius 1 is 1.40 bits per heavy atom. The van der Waals surface area contributed by atoms with Crippen LogP contribution in [0.3, 0.4) is 0 Å². The maximum atomic E-state index is 11.2. The molecular formula is C12H19NOS. The van der Waals surface area contributed by atoms with Crippen molar-refractivity contribution in [1.82, 2.24) is 4.98 Å². The van der Waals surface area contributed by atoms with E-state index >= 15 is 0 Å². The number of carbonyl (C=O) groups is 1. The number of ketones is 1. The van der Waals surface area contributed by atoms with Gasteiger partial charge in [0.2, 0.25) is 0 Å². The quantitative estimate of drug-likeness (QED) is 0.580. The van der Waals surface area contributed by atoms with Gasteiger partial charge >= 0.3 is 0 Å². The molecule has 0 aliphatic rings. The first-order valence-corrected chi connectivity index (χ1v) is 6.25. The van der Waals surface area contributed by atoms with Gasteiger partial charge < -0.3 is 0 Å². The van der Waals surface area contributed by atoms with Gasteiger partial charge in [0.25, 0.3) is 0 Å². The Morgan fingerprint density at radius 3 is 2.47 bits per heavy atom. The first kappa shape index (κ1) is 14.2. The summed E-state index contributed by atoms with van der Waals surface area (Å²) in [5, 5.41) is 0. The average molecular weight is 225 g/mol. The number of pyridine rings is 1. The fraction of sp³-hybridized carbons (Fsp3) is 0.500. The second-order valence-electron chi connectivity index (χ2n) is 2.79. The summed E-state index contributed by atoms with van der Waals surface area (Å²) < 4.78 is 0. The Labute approximate surface area is 96.5 Å². The Kier molecular flexibility index (Phi) is 7.05. The lowest BCUT2D eigenvalue weighted by atomic mass is 10.2. The standard InChI is InChI=1S/C10H13NOS.C2H6/c1-4-13-9-6-5-7(2)11-10(9)8(3)12;1-2/h5-6H,4H2,1-3H3;1-2H3. The zero-order chi connectivity index (χ0) is 11.8. The van der Waals surface area contributed by atoms with Crippen molar-refractivity contribution in [2.45, 2.75) is 39.5 Å². The van der Waals surface area contributed by atoms with Crippen molar-refractivity contribution in [2.24, 2.45) is 0 Å². The molecule has 0 saturated heterocycles. The number of hydrogen-bond donors (Lipinski definition) is 0. The third kappa shape index (κ3) is 4.47. The minimum absolute atomic E-state index is 0.0413. The van der Waals surface area contributed by atoms with E-state index < -0.39 is 0 Å². The summed E-state index contributed by atoms with van der Waals surface area (Å²) in [7, 11) is 0. The number of nitrogens with zero attached hydrogens (tertiary/aromatic N) is 1. The molecule has 0 unspecified atom stereocenters. The zero-order valence-corrected chi connectivity index (χ0v) is 10.9. The number of rotatable bonds is 3. The molecule has 0 radical (unpaired) electrons. The molecule has 0 aliphatic heterocycles. The molecule has 0 aromatic carbocycles. The van der Waals surface area contributed by atoms with Gasteiger partial charge in [-0.05, 0) is 24.8 Å². The fourth-order valence-electron chi connectivity index (χ4n) is 1.07. The normalized spacial score (nSPS) is 9.13. The van der Waals surface area contributed by atoms with E-state index in [1.807, 2.05) is 32.9 Å². The molecule has 0 N–H and O–H groups in total. The van der Waals surface area contributed by atoms with Crippen LogP contribution in [0.1, 0.15) is 43.9 Å². The van der Waals surface area contributed by atoms with Crippen LogP contribution in [-0.2, 0) is 0 Å². The molecule has 0 spiro atoms. The van der Waals surface area contributed by atoms with Gasteiger partial charge in [-0.15, -0.1) is 11.8 Å². The molecule has 15 heavy (non-hydrogen) atoms. The average Bonchev–Trinajstić information content (AvgIpc) is 2.24. The van der Waals surface area contributed by atoms with Crippen molar-refractivity contribution < 1.29 is 4.79 Å². The fourth-order valence-corrected chi connectivity index (χ4v) is 1.87. The molecule has 0 fully saturated rings. The Hall–Kier alpha value is -0.830. The van der Waals surface area contributed by atoms with Crippen LogP contribution in [0.25, 0.3) is 0 Å². The lowest BCUT2D eigenvalue weighted by Gasteiger charge is -2.04. The maximum Gasteiger partial charge on any atom is 0.179 e. The highest BCUT2D eigenvalue weighted by Gasteiger charge is 2.08. The van der Waals surface area contributed by atoms with Gasteiger partial charge in [0.05, 0.1) is 0 Å². The van der Waals surface area contributed by atoms with Crippen LogP contribution in [0.2, 0.25) is 0 Å². The maximum absolute atomic E-state index is 11.2. The molecule has 84 valence electrons. The number of aryl methyl sites for hydroxylation is 1. The Balaban J connectivity index is 0.000000921. The van der Waals surface area contributed by atoms with E-state index in [0.717, 1.165) is 16.3 Å². The topological polar surface area (TPSA) is 30.0 Å². The van der Waals surface area contributed by atoms with Gasteiger partial charge in [-0.25, -0.2) is 4.98 Å². The molecule has 0 amide bonds. The van der Waals surface area contributed by atoms with Gasteiger partial charge in [-0.1, -0.05) is 20.8 Å². The van der Waals surface area contributed by atoms with Gasteiger partial charge in [0.15, 0.2) is 5.78 Å². The largest absolute Gasteiger partial charge is 0.293 e. The Morgan fingerprint density at radius 2 is 2.00 bits per heavy atom. The SMILES string of the molecule is CC.CCSc1ccc(C)nc1C(C)=O. The molecule has 0 saturated carbocycles. The summed E-state index contributed by atoms with van der Waals surface area (Å²) in [4.78, 5) is 16.4. The van der Waals surface area contributed by atoms with Crippen LogP contribution in [0.15, 0.2) is 17.0 Å². The molecule has 0 atom stereocenters. The summed E-state index contributed by atoms with van der Waals surface area (Å²) >= 11 is 1.66. The van der Waals surface area contributed by atoms with Gasteiger partial charge in [0.1, 0.15) is 5.69 Å². The Bertz CT molecular complexity index is 323. The van der Waals surface area contributed by atoms with E-state index in [-0.39, 0.29) is 5.78 Å². The number of aromatic nitrogens is 1. The molecule has 0 aliphatic carbocycles. The van der Waals surface area contributed by atoms with Crippen molar-refractivity contribution in [3.63, 3.8) is 0 Å². The third-order valence-electron chi connectivity index (χ3n) is 1.63. The number of hydrogen-bond acceptors (Lipinski definition) is 3. The summed E-state index contributed by atoms with van der Waals surface area (Å²) in [6.07, 6.45) is 0. The lowest BCUT2D eigenvalue weighted by Crippen LogP contribution is -2.00. The molecule has 1 rings (SSSR count). The molecule has 2 nitrogen and oxygen atoms in total. The lowest BCUT2D eigenvalue weighted by molar-refractivity contribution is 0.101. The molecule has 3 heteroatoms. The van der Waals surface area contributed by atoms with Crippen LogP contribution in [0, 0.1) is 6.92 Å². The molecule has 0 bridgehead atoms. The number of carbonyl (C=O) groups excluding carboxylic acids is 1. The van der Waals surface area contributed by atoms with E-state index in [0.29, 0.717) is 5.69 Å². The minimum atomic E-state index is 0.0413. The number of thioether (sulfide) groups is 1. The highest BCUT2D eigenvalue weighted by Crippen LogP contribution is 2.21. The van der Waals surface area contributed by atoms with Gasteiger partial charge in [-0.3, -0.25) is 4.79 Å². The van der Waals surface area contributed by atoms with Crippen molar-refractivity contribution >= 4 is 17.5 Å². The van der Waals surface area contributed by atoms with Crippen LogP contribution in [0.4, 0.5) is 0 Å². The van der Waals surface area contributed by atoms with Gasteiger partial charge in [-0.2, -0.15) is 0 Å². The minimum Gasteiger partial charge on any atom is -0.293 e. The van der Waals surface area contributed by atoms with Crippen LogP contribution in [0.5, 0.6) is 0 Å². The van der Waals surface area contributed by atoms with E-state index in [1.54, 1.807) is 18.7 Å². The molecular weight excluding hydrogens is 206 g/mol. The number of Topliss-reactive ketones (excluding diaryl/α,β-unsaturated/α-hetero) is 1. The third-order valence-corrected chi connectivity index (χ3v) is 2.56. The predicted octanol–water partition coefficient (Wildman–Crippen LogP) is 3.73. The van der Waals surface area contributed by atoms with Crippen LogP contribution < -0.4 is 0 Å². The smallest absolute Gasteiger partial charge is 0.179 e. The van der Waals surface area contributed by atoms with Crippen molar-refractivity contribution in [2.75, 3.05) is 5.75 Å². The predicted molar refractivity (Wildman–Crippen MR) is 66.7 cm³/mol. The van der Waals surface area contributed by atoms with Crippen LogP contribution in [-0.4, -0.2) is 16.5 Å². The van der Waals surface area contributed by atoms with Gasteiger partial charge in [0, 0.05) is 17.5 Å². The van der Waals surface area contributed by atoms with E-state index in [2.05, 4.69) is 11.9 Å². The highest BCUT2D eigenvalue weighted by atomic mass is 32.2. The van der Waals surface area contributed by atoms with Crippen molar-refractivity contribution in [3.05, 3.63) is 23.5 Å². The molecule has 1 aromatic rings. The van der Waals surface area contributed by atoms with E-state index in [9.17, 15) is 4.79 Å². The summed E-state index contributed by atoms with van der Waals surface area (Å²) in [6, 6.07) is 3.90. The summed E-state index contributed by atoms with van der Waals surface area (Å²) in [5.41, 5.74) is 1.50. The monoisotopic (exact) mass is 225 g/mol. The molecule has 1 aromatic heterocycles. The van der Waals surface area contributed by atoms with Crippen LogP contribution >= 0.6 is 11.8 Å². The van der Waals surface area contributed by atoms with E-state index in [4.69, 9.17) is 0 Å². The highest BCUT2D eigenvalue weighted by molar-refractivity contribution is 7.99. The van der Waals surface area contributed by atoms with E-state index in [1.165, 1.54) is 0 Å². The summed E-state index contributed by atoms with van der Waals surface area (Å²) in [5.74, 6) is 1.00. The van der Waals surface area contributed by atoms with Crippen molar-refractivity contribution in [3.8, 4) is 0 Å². The second-order valence-corrected chi connectivity index (χ2v) is 4.09. The summed E-state index contributed by atoms with van der Waals surface area (Å²) in [6.45, 7) is 9.52. The molecule has 1 heterocycles. The van der Waals surface area contributed by atoms with Crippen molar-refractivity contribution in [1.29, 1.82) is 0 Å².